The first-order chi connectivity index (χ1) is 14.1. The van der Waals surface area contributed by atoms with Crippen LogP contribution in [0.1, 0.15) is 11.1 Å². The van der Waals surface area contributed by atoms with Gasteiger partial charge in [-0.05, 0) is 40.5 Å². The number of rotatable bonds is 3. The molecule has 0 unspecified atom stereocenters. The molecule has 5 heteroatoms. The number of amides is 1. The van der Waals surface area contributed by atoms with Crippen LogP contribution in [0.2, 0.25) is 0 Å². The maximum absolute atomic E-state index is 11.8. The van der Waals surface area contributed by atoms with Crippen LogP contribution in [-0.2, 0) is 13.5 Å². The lowest BCUT2D eigenvalue weighted by atomic mass is 9.97. The molecule has 2 aromatic heterocycles. The van der Waals surface area contributed by atoms with Crippen LogP contribution in [0.5, 0.6) is 0 Å². The number of hydrogen-bond acceptors (Lipinski definition) is 2. The first kappa shape index (κ1) is 17.3. The topological polar surface area (TPSA) is 65.8 Å². The van der Waals surface area contributed by atoms with Crippen LogP contribution in [0.15, 0.2) is 79.1 Å². The average Bonchev–Trinajstić information content (AvgIpc) is 3.33. The summed E-state index contributed by atoms with van der Waals surface area (Å²) in [6.45, 7) is 0. The molecule has 2 N–H and O–H groups in total. The minimum absolute atomic E-state index is 0.589. The van der Waals surface area contributed by atoms with Gasteiger partial charge in [0.2, 0.25) is 0 Å². The second-order valence-electron chi connectivity index (χ2n) is 7.29. The molecule has 0 atom stereocenters. The lowest BCUT2D eigenvalue weighted by Gasteiger charge is -2.09. The normalized spacial score (nSPS) is 11.3. The molecule has 5 aromatic rings. The van der Waals surface area contributed by atoms with Gasteiger partial charge in [-0.25, -0.2) is 4.79 Å². The van der Waals surface area contributed by atoms with Crippen molar-refractivity contribution in [2.45, 2.75) is 6.42 Å². The maximum Gasteiger partial charge on any atom is 0.340 e. The number of aromatic nitrogens is 3. The predicted molar refractivity (Wildman–Crippen MR) is 116 cm³/mol. The van der Waals surface area contributed by atoms with Crippen molar-refractivity contribution in [3.8, 4) is 11.3 Å². The molecular formula is C24H20N4O. The minimum Gasteiger partial charge on any atom is -0.350 e. The number of aryl methyl sites for hydroxylation is 1. The van der Waals surface area contributed by atoms with E-state index >= 15 is 0 Å². The van der Waals surface area contributed by atoms with Crippen LogP contribution in [-0.4, -0.2) is 20.4 Å². The van der Waals surface area contributed by atoms with Crippen LogP contribution in [0.3, 0.4) is 0 Å². The highest BCUT2D eigenvalue weighted by Crippen LogP contribution is 2.33. The molecule has 0 bridgehead atoms. The third kappa shape index (κ3) is 2.88. The van der Waals surface area contributed by atoms with Gasteiger partial charge in [-0.1, -0.05) is 54.6 Å². The number of nitrogens with zero attached hydrogens (tertiary/aromatic N) is 3. The summed E-state index contributed by atoms with van der Waals surface area (Å²) in [6, 6.07) is 22.3. The molecule has 0 aliphatic heterocycles. The van der Waals surface area contributed by atoms with Crippen LogP contribution in [0.4, 0.5) is 4.79 Å². The van der Waals surface area contributed by atoms with Gasteiger partial charge in [0.25, 0.3) is 0 Å². The Labute approximate surface area is 168 Å². The summed E-state index contributed by atoms with van der Waals surface area (Å²) >= 11 is 0. The molecule has 0 aliphatic carbocycles. The number of hydrogen-bond donors (Lipinski definition) is 1. The van der Waals surface area contributed by atoms with E-state index in [-0.39, 0.29) is 0 Å². The van der Waals surface area contributed by atoms with Gasteiger partial charge in [0.15, 0.2) is 0 Å². The maximum atomic E-state index is 11.8. The van der Waals surface area contributed by atoms with Gasteiger partial charge in [0.05, 0.1) is 11.9 Å². The standard InChI is InChI=1S/C24H20N4O/c1-27-15-19(14-16-9-10-17-5-2-3-6-18(17)13-16)23-20(7-4-8-22(23)27)21-11-12-26-28(21)24(25)29/h2-13,15H,14H2,1H3,(H2,25,29). The third-order valence-electron chi connectivity index (χ3n) is 5.43. The number of fused-ring (bicyclic) bond motifs is 2. The Morgan fingerprint density at radius 3 is 2.66 bits per heavy atom. The van der Waals surface area contributed by atoms with Gasteiger partial charge in [-0.2, -0.15) is 9.78 Å². The SMILES string of the molecule is Cn1cc(Cc2ccc3ccccc3c2)c2c(-c3ccnn3C(N)=O)cccc21. The van der Waals surface area contributed by atoms with Gasteiger partial charge in [-0.3, -0.25) is 0 Å². The van der Waals surface area contributed by atoms with Crippen molar-refractivity contribution in [1.82, 2.24) is 14.3 Å². The number of primary amides is 1. The average molecular weight is 380 g/mol. The van der Waals surface area contributed by atoms with E-state index in [2.05, 4.69) is 64.4 Å². The summed E-state index contributed by atoms with van der Waals surface area (Å²) in [7, 11) is 2.04. The third-order valence-corrected chi connectivity index (χ3v) is 5.43. The Morgan fingerprint density at radius 2 is 1.83 bits per heavy atom. The zero-order chi connectivity index (χ0) is 20.0. The van der Waals surface area contributed by atoms with Crippen molar-refractivity contribution in [3.05, 3.63) is 90.3 Å². The fourth-order valence-corrected chi connectivity index (χ4v) is 4.14. The van der Waals surface area contributed by atoms with Gasteiger partial charge in [0, 0.05) is 29.7 Å². The Balaban J connectivity index is 1.68. The van der Waals surface area contributed by atoms with E-state index < -0.39 is 6.03 Å². The van der Waals surface area contributed by atoms with E-state index in [1.54, 1.807) is 6.20 Å². The van der Waals surface area contributed by atoms with Gasteiger partial charge < -0.3 is 10.3 Å². The number of carbonyl (C=O) groups excluding carboxylic acids is 1. The Bertz CT molecular complexity index is 1380. The summed E-state index contributed by atoms with van der Waals surface area (Å²) in [6.07, 6.45) is 4.56. The van der Waals surface area contributed by atoms with E-state index in [1.165, 1.54) is 26.6 Å². The van der Waals surface area contributed by atoms with Crippen LogP contribution in [0.25, 0.3) is 32.9 Å². The quantitative estimate of drug-likeness (QED) is 0.492. The molecule has 0 aliphatic rings. The van der Waals surface area contributed by atoms with Crippen molar-refractivity contribution in [1.29, 1.82) is 0 Å². The van der Waals surface area contributed by atoms with E-state index in [9.17, 15) is 4.79 Å². The number of nitrogens with two attached hydrogens (primary N) is 1. The smallest absolute Gasteiger partial charge is 0.340 e. The zero-order valence-electron chi connectivity index (χ0n) is 16.0. The first-order valence-corrected chi connectivity index (χ1v) is 9.50. The predicted octanol–water partition coefficient (Wildman–Crippen LogP) is 4.71. The van der Waals surface area contributed by atoms with Crippen molar-refractivity contribution in [2.24, 2.45) is 12.8 Å². The molecule has 0 saturated heterocycles. The highest BCUT2D eigenvalue weighted by atomic mass is 16.2. The van der Waals surface area contributed by atoms with Crippen molar-refractivity contribution in [2.75, 3.05) is 0 Å². The highest BCUT2D eigenvalue weighted by Gasteiger charge is 2.17. The van der Waals surface area contributed by atoms with E-state index in [4.69, 9.17) is 5.73 Å². The molecular weight excluding hydrogens is 360 g/mol. The molecule has 29 heavy (non-hydrogen) atoms. The molecule has 0 saturated carbocycles. The Hall–Kier alpha value is -3.86. The van der Waals surface area contributed by atoms with Crippen LogP contribution in [0, 0.1) is 0 Å². The molecule has 0 radical (unpaired) electrons. The van der Waals surface area contributed by atoms with E-state index in [0.717, 1.165) is 22.9 Å². The second-order valence-corrected chi connectivity index (χ2v) is 7.29. The van der Waals surface area contributed by atoms with Gasteiger partial charge in [0.1, 0.15) is 0 Å². The second kappa shape index (κ2) is 6.63. The lowest BCUT2D eigenvalue weighted by Crippen LogP contribution is -2.21. The molecule has 1 amide bonds. The lowest BCUT2D eigenvalue weighted by molar-refractivity contribution is 0.248. The monoisotopic (exact) mass is 380 g/mol. The summed E-state index contributed by atoms with van der Waals surface area (Å²) < 4.78 is 3.38. The van der Waals surface area contributed by atoms with Crippen molar-refractivity contribution in [3.63, 3.8) is 0 Å². The summed E-state index contributed by atoms with van der Waals surface area (Å²) in [5.41, 5.74) is 10.7. The Kier molecular flexibility index (Phi) is 3.95. The zero-order valence-corrected chi connectivity index (χ0v) is 16.0. The van der Waals surface area contributed by atoms with E-state index in [0.29, 0.717) is 5.69 Å². The molecule has 3 aromatic carbocycles. The van der Waals surface area contributed by atoms with Gasteiger partial charge >= 0.3 is 6.03 Å². The summed E-state index contributed by atoms with van der Waals surface area (Å²) in [5.74, 6) is 0. The Morgan fingerprint density at radius 1 is 1.00 bits per heavy atom. The summed E-state index contributed by atoms with van der Waals surface area (Å²) in [4.78, 5) is 11.8. The van der Waals surface area contributed by atoms with E-state index in [1.807, 2.05) is 25.2 Å². The van der Waals surface area contributed by atoms with Crippen molar-refractivity contribution >= 4 is 27.7 Å². The summed E-state index contributed by atoms with van der Waals surface area (Å²) in [5, 5.41) is 7.68. The molecule has 0 spiro atoms. The van der Waals surface area contributed by atoms with Gasteiger partial charge in [-0.15, -0.1) is 0 Å². The number of carbonyl (C=O) groups is 1. The molecule has 5 rings (SSSR count). The fraction of sp³-hybridized carbons (Fsp3) is 0.0833. The molecule has 0 fully saturated rings. The van der Waals surface area contributed by atoms with Crippen molar-refractivity contribution < 1.29 is 4.79 Å². The largest absolute Gasteiger partial charge is 0.350 e. The van der Waals surface area contributed by atoms with Crippen LogP contribution >= 0.6 is 0 Å². The first-order valence-electron chi connectivity index (χ1n) is 9.50. The molecule has 5 nitrogen and oxygen atoms in total. The molecule has 142 valence electrons. The fourth-order valence-electron chi connectivity index (χ4n) is 4.14. The number of benzene rings is 3. The highest BCUT2D eigenvalue weighted by molar-refractivity contribution is 5.99. The minimum atomic E-state index is -0.589. The van der Waals surface area contributed by atoms with Crippen LogP contribution < -0.4 is 5.73 Å². The molecule has 2 heterocycles.